The van der Waals surface area contributed by atoms with Crippen LogP contribution in [0.5, 0.6) is 0 Å². The number of dihydropyridines is 1. The number of allylic oxidation sites excluding steroid dienone is 1. The van der Waals surface area contributed by atoms with Crippen molar-refractivity contribution in [2.45, 2.75) is 39.0 Å². The molecule has 7 nitrogen and oxygen atoms in total. The van der Waals surface area contributed by atoms with Gasteiger partial charge in [0.15, 0.2) is 0 Å². The van der Waals surface area contributed by atoms with Crippen LogP contribution in [0.3, 0.4) is 0 Å². The number of nitrogens with one attached hydrogen (secondary N) is 2. The van der Waals surface area contributed by atoms with E-state index in [0.717, 1.165) is 73.6 Å². The number of piperidine rings is 1. The summed E-state index contributed by atoms with van der Waals surface area (Å²) in [6.07, 6.45) is 8.51. The average Bonchev–Trinajstić information content (AvgIpc) is 2.64. The van der Waals surface area contributed by atoms with Gasteiger partial charge in [0.05, 0.1) is 15.9 Å². The summed E-state index contributed by atoms with van der Waals surface area (Å²) in [4.78, 5) is 27.1. The lowest BCUT2D eigenvalue weighted by Gasteiger charge is -2.26. The van der Waals surface area contributed by atoms with Crippen LogP contribution in [-0.2, 0) is 4.79 Å². The summed E-state index contributed by atoms with van der Waals surface area (Å²) >= 11 is 3.49. The topological polar surface area (TPSA) is 82.5 Å². The number of nitrogens with zero attached hydrogens (tertiary/aromatic N) is 4. The Labute approximate surface area is 162 Å². The Hall–Kier alpha value is -1.96. The Morgan fingerprint density at radius 2 is 2.23 bits per heavy atom. The number of carbonyl (C=O) groups is 1. The number of likely N-dealkylation sites (tertiary alicyclic amines) is 1. The fourth-order valence-corrected chi connectivity index (χ4v) is 3.39. The van der Waals surface area contributed by atoms with Crippen LogP contribution >= 0.6 is 15.9 Å². The Kier molecular flexibility index (Phi) is 6.60. The monoisotopic (exact) mass is 420 g/mol. The van der Waals surface area contributed by atoms with Gasteiger partial charge in [0.1, 0.15) is 5.82 Å². The third-order valence-electron chi connectivity index (χ3n) is 4.53. The molecule has 8 heteroatoms. The lowest BCUT2D eigenvalue weighted by Crippen LogP contribution is -2.36. The summed E-state index contributed by atoms with van der Waals surface area (Å²) < 4.78 is 0.820. The summed E-state index contributed by atoms with van der Waals surface area (Å²) in [6.45, 7) is 5.26. The van der Waals surface area contributed by atoms with Crippen molar-refractivity contribution in [1.29, 1.82) is 0 Å². The van der Waals surface area contributed by atoms with Crippen LogP contribution in [0.1, 0.15) is 39.0 Å². The largest absolute Gasteiger partial charge is 0.369 e. The second-order valence-electron chi connectivity index (χ2n) is 6.51. The SMILES string of the molecule is CC1=NCCC=C1Nc1ncc(Br)c(NCCCN2CCCCC2=O)n1. The van der Waals surface area contributed by atoms with Crippen LogP contribution in [0.25, 0.3) is 0 Å². The number of carbonyl (C=O) groups excluding carboxylic acids is 1. The van der Waals surface area contributed by atoms with Crippen LogP contribution in [0.2, 0.25) is 0 Å². The van der Waals surface area contributed by atoms with E-state index in [0.29, 0.717) is 12.4 Å². The molecule has 3 heterocycles. The Bertz CT molecular complexity index is 718. The van der Waals surface area contributed by atoms with E-state index < -0.39 is 0 Å². The number of aliphatic imine (C=N–C) groups is 1. The fraction of sp³-hybridized carbons (Fsp3) is 0.556. The van der Waals surface area contributed by atoms with E-state index >= 15 is 0 Å². The van der Waals surface area contributed by atoms with Gasteiger partial charge in [-0.1, -0.05) is 6.08 Å². The van der Waals surface area contributed by atoms with Crippen LogP contribution in [0.15, 0.2) is 27.4 Å². The van der Waals surface area contributed by atoms with E-state index in [-0.39, 0.29) is 5.91 Å². The number of anilines is 2. The highest BCUT2D eigenvalue weighted by atomic mass is 79.9. The smallest absolute Gasteiger partial charge is 0.229 e. The van der Waals surface area contributed by atoms with Gasteiger partial charge in [-0.15, -0.1) is 0 Å². The van der Waals surface area contributed by atoms with Gasteiger partial charge in [-0.05, 0) is 48.5 Å². The highest BCUT2D eigenvalue weighted by Gasteiger charge is 2.17. The van der Waals surface area contributed by atoms with Crippen molar-refractivity contribution in [1.82, 2.24) is 14.9 Å². The fourth-order valence-electron chi connectivity index (χ4n) is 3.06. The van der Waals surface area contributed by atoms with E-state index in [9.17, 15) is 4.79 Å². The molecule has 0 radical (unpaired) electrons. The zero-order chi connectivity index (χ0) is 18.4. The van der Waals surface area contributed by atoms with Crippen LogP contribution in [0.4, 0.5) is 11.8 Å². The van der Waals surface area contributed by atoms with Crippen molar-refractivity contribution in [3.05, 3.63) is 22.4 Å². The number of amides is 1. The molecule has 1 aromatic rings. The minimum Gasteiger partial charge on any atom is -0.369 e. The summed E-state index contributed by atoms with van der Waals surface area (Å²) in [7, 11) is 0. The van der Waals surface area contributed by atoms with Gasteiger partial charge in [0.2, 0.25) is 11.9 Å². The van der Waals surface area contributed by atoms with Gasteiger partial charge in [-0.2, -0.15) is 4.98 Å². The number of halogens is 1. The van der Waals surface area contributed by atoms with Gasteiger partial charge < -0.3 is 15.5 Å². The van der Waals surface area contributed by atoms with Crippen molar-refractivity contribution < 1.29 is 4.79 Å². The van der Waals surface area contributed by atoms with E-state index in [2.05, 4.69) is 47.6 Å². The van der Waals surface area contributed by atoms with Crippen LogP contribution in [-0.4, -0.2) is 52.7 Å². The number of rotatable bonds is 7. The molecule has 2 aliphatic heterocycles. The van der Waals surface area contributed by atoms with Crippen LogP contribution < -0.4 is 10.6 Å². The first-order valence-electron chi connectivity index (χ1n) is 9.16. The molecule has 0 atom stereocenters. The molecule has 0 saturated carbocycles. The molecule has 1 fully saturated rings. The van der Waals surface area contributed by atoms with Gasteiger partial charge in [0.25, 0.3) is 0 Å². The lowest BCUT2D eigenvalue weighted by molar-refractivity contribution is -0.133. The molecule has 1 amide bonds. The molecule has 1 saturated heterocycles. The van der Waals surface area contributed by atoms with E-state index in [4.69, 9.17) is 0 Å². The second kappa shape index (κ2) is 9.12. The Morgan fingerprint density at radius 1 is 1.35 bits per heavy atom. The molecule has 0 bridgehead atoms. The molecule has 0 aliphatic carbocycles. The van der Waals surface area contributed by atoms with Gasteiger partial charge in [-0.25, -0.2) is 4.98 Å². The third kappa shape index (κ3) is 5.03. The standard InChI is InChI=1S/C18H25BrN6O/c1-13-15(6-4-8-20-13)23-18-22-12-14(19)17(24-18)21-9-5-11-25-10-3-2-7-16(25)26/h6,12H,2-5,7-11H2,1H3,(H2,21,22,23,24). The first-order valence-corrected chi connectivity index (χ1v) is 9.95. The number of hydrogen-bond donors (Lipinski definition) is 2. The lowest BCUT2D eigenvalue weighted by atomic mass is 10.1. The van der Waals surface area contributed by atoms with Crippen molar-refractivity contribution in [2.75, 3.05) is 36.8 Å². The highest BCUT2D eigenvalue weighted by Crippen LogP contribution is 2.21. The first kappa shape index (κ1) is 18.8. The van der Waals surface area contributed by atoms with Gasteiger partial charge in [-0.3, -0.25) is 9.79 Å². The average molecular weight is 421 g/mol. The molecule has 0 unspecified atom stereocenters. The highest BCUT2D eigenvalue weighted by molar-refractivity contribution is 9.10. The molecule has 140 valence electrons. The molecule has 2 N–H and O–H groups in total. The van der Waals surface area contributed by atoms with Crippen molar-refractivity contribution >= 4 is 39.3 Å². The minimum absolute atomic E-state index is 0.281. The molecule has 2 aliphatic rings. The predicted molar refractivity (Wildman–Crippen MR) is 108 cm³/mol. The normalized spacial score (nSPS) is 17.6. The van der Waals surface area contributed by atoms with Crippen LogP contribution in [0, 0.1) is 0 Å². The van der Waals surface area contributed by atoms with Crippen molar-refractivity contribution in [3.8, 4) is 0 Å². The molecule has 3 rings (SSSR count). The molecule has 1 aromatic heterocycles. The quantitative estimate of drug-likeness (QED) is 0.661. The summed E-state index contributed by atoms with van der Waals surface area (Å²) in [5, 5.41) is 6.57. The second-order valence-corrected chi connectivity index (χ2v) is 7.36. The Morgan fingerprint density at radius 3 is 3.04 bits per heavy atom. The predicted octanol–water partition coefficient (Wildman–Crippen LogP) is 3.21. The molecule has 0 spiro atoms. The number of aromatic nitrogens is 2. The van der Waals surface area contributed by atoms with Crippen molar-refractivity contribution in [3.63, 3.8) is 0 Å². The summed E-state index contributed by atoms with van der Waals surface area (Å²) in [5.74, 6) is 1.58. The minimum atomic E-state index is 0.281. The van der Waals surface area contributed by atoms with Crippen molar-refractivity contribution in [2.24, 2.45) is 4.99 Å². The molecular formula is C18H25BrN6O. The number of hydrogen-bond acceptors (Lipinski definition) is 6. The Balaban J connectivity index is 1.52. The maximum absolute atomic E-state index is 11.8. The maximum atomic E-state index is 11.8. The first-order chi connectivity index (χ1) is 12.6. The van der Waals surface area contributed by atoms with E-state index in [1.807, 2.05) is 11.8 Å². The zero-order valence-corrected chi connectivity index (χ0v) is 16.7. The summed E-state index contributed by atoms with van der Waals surface area (Å²) in [6, 6.07) is 0. The van der Waals surface area contributed by atoms with E-state index in [1.165, 1.54) is 0 Å². The van der Waals surface area contributed by atoms with Gasteiger partial charge >= 0.3 is 0 Å². The zero-order valence-electron chi connectivity index (χ0n) is 15.1. The summed E-state index contributed by atoms with van der Waals surface area (Å²) in [5.41, 5.74) is 1.94. The molecular weight excluding hydrogens is 396 g/mol. The molecule has 26 heavy (non-hydrogen) atoms. The van der Waals surface area contributed by atoms with Gasteiger partial charge in [0, 0.05) is 38.8 Å². The van der Waals surface area contributed by atoms with E-state index in [1.54, 1.807) is 6.20 Å². The third-order valence-corrected chi connectivity index (χ3v) is 5.11. The molecule has 0 aromatic carbocycles. The maximum Gasteiger partial charge on any atom is 0.229 e.